The predicted molar refractivity (Wildman–Crippen MR) is 49.8 cm³/mol. The second-order valence-electron chi connectivity index (χ2n) is 2.25. The summed E-state index contributed by atoms with van der Waals surface area (Å²) < 4.78 is 5.00. The Balaban J connectivity index is 3.22. The fraction of sp³-hybridized carbons (Fsp3) is 0. The Morgan fingerprint density at radius 1 is 1.77 bits per heavy atom. The van der Waals surface area contributed by atoms with Crippen LogP contribution in [0, 0.1) is 17.8 Å². The van der Waals surface area contributed by atoms with Crippen LogP contribution in [-0.4, -0.2) is 12.0 Å². The molecular weight excluding hydrogens is 166 g/mol. The van der Waals surface area contributed by atoms with E-state index in [2.05, 4.69) is 6.58 Å². The average molecular weight is 173 g/mol. The van der Waals surface area contributed by atoms with E-state index in [-0.39, 0.29) is 11.5 Å². The highest BCUT2D eigenvalue weighted by atomic mass is 16.3. The molecule has 0 aliphatic rings. The second-order valence-corrected chi connectivity index (χ2v) is 2.25. The molecule has 64 valence electrons. The molecule has 0 unspecified atom stereocenters. The van der Waals surface area contributed by atoms with Crippen LogP contribution < -0.4 is 0 Å². The topological polar surface area (TPSA) is 54.1 Å². The number of hydrogen-bond donors (Lipinski definition) is 1. The fourth-order valence-corrected chi connectivity index (χ4v) is 0.875. The molecule has 0 spiro atoms. The van der Waals surface area contributed by atoms with Crippen molar-refractivity contribution in [3.8, 4) is 12.3 Å². The van der Waals surface area contributed by atoms with E-state index in [1.165, 1.54) is 12.1 Å². The van der Waals surface area contributed by atoms with Crippen molar-refractivity contribution in [2.45, 2.75) is 0 Å². The van der Waals surface area contributed by atoms with Gasteiger partial charge in [-0.15, -0.1) is 6.42 Å². The normalized spacial score (nSPS) is 8.85. The minimum absolute atomic E-state index is 0.0656. The summed E-state index contributed by atoms with van der Waals surface area (Å²) in [5, 5.41) is 6.97. The van der Waals surface area contributed by atoms with Crippen LogP contribution in [0.3, 0.4) is 0 Å². The molecule has 0 aliphatic heterocycles. The van der Waals surface area contributed by atoms with Crippen LogP contribution in [0.2, 0.25) is 0 Å². The van der Waals surface area contributed by atoms with Crippen molar-refractivity contribution >= 4 is 18.1 Å². The van der Waals surface area contributed by atoms with E-state index in [1.54, 1.807) is 0 Å². The highest BCUT2D eigenvalue weighted by Gasteiger charge is 2.11. The predicted octanol–water partition coefficient (Wildman–Crippen LogP) is 1.74. The van der Waals surface area contributed by atoms with Gasteiger partial charge in [-0.25, -0.2) is 0 Å². The van der Waals surface area contributed by atoms with Gasteiger partial charge >= 0.3 is 0 Å². The monoisotopic (exact) mass is 173 g/mol. The first-order valence-corrected chi connectivity index (χ1v) is 3.50. The summed E-state index contributed by atoms with van der Waals surface area (Å²) in [4.78, 5) is 11.0. The largest absolute Gasteiger partial charge is 0.450 e. The van der Waals surface area contributed by atoms with Gasteiger partial charge in [0.25, 0.3) is 5.78 Å². The minimum atomic E-state index is -0.531. The standard InChI is InChI=1S/C10H7NO2/c1-3-7-5-9(8(12)4-2)13-10(7)6-11/h2-3,5-6,11H,1H2. The Labute approximate surface area is 75.6 Å². The molecule has 0 amide bonds. The first kappa shape index (κ1) is 9.01. The maximum atomic E-state index is 11.0. The smallest absolute Gasteiger partial charge is 0.270 e. The van der Waals surface area contributed by atoms with Crippen LogP contribution in [0.4, 0.5) is 0 Å². The molecule has 1 aromatic heterocycles. The Morgan fingerprint density at radius 3 is 2.85 bits per heavy atom. The van der Waals surface area contributed by atoms with Gasteiger partial charge in [0.15, 0.2) is 11.5 Å². The molecule has 13 heavy (non-hydrogen) atoms. The van der Waals surface area contributed by atoms with Gasteiger partial charge in [-0.3, -0.25) is 4.79 Å². The SMILES string of the molecule is C#CC(=O)c1cc(C=C)c(C=N)o1. The molecule has 0 saturated carbocycles. The third-order valence-corrected chi connectivity index (χ3v) is 1.50. The molecule has 0 radical (unpaired) electrons. The van der Waals surface area contributed by atoms with E-state index in [0.29, 0.717) is 5.56 Å². The van der Waals surface area contributed by atoms with Crippen LogP contribution in [0.25, 0.3) is 6.08 Å². The van der Waals surface area contributed by atoms with Gasteiger partial charge in [0.1, 0.15) is 0 Å². The lowest BCUT2D eigenvalue weighted by atomic mass is 10.2. The molecular formula is C10H7NO2. The van der Waals surface area contributed by atoms with Crippen LogP contribution in [0.1, 0.15) is 21.9 Å². The summed E-state index contributed by atoms with van der Waals surface area (Å²) in [6, 6.07) is 1.47. The zero-order valence-corrected chi connectivity index (χ0v) is 6.83. The number of nitrogens with one attached hydrogen (secondary N) is 1. The van der Waals surface area contributed by atoms with Crippen molar-refractivity contribution in [1.29, 1.82) is 5.41 Å². The van der Waals surface area contributed by atoms with Crippen molar-refractivity contribution in [3.63, 3.8) is 0 Å². The number of rotatable bonds is 3. The molecule has 3 nitrogen and oxygen atoms in total. The molecule has 0 bridgehead atoms. The van der Waals surface area contributed by atoms with Crippen molar-refractivity contribution in [2.24, 2.45) is 0 Å². The lowest BCUT2D eigenvalue weighted by Crippen LogP contribution is -1.90. The third kappa shape index (κ3) is 1.57. The van der Waals surface area contributed by atoms with Crippen LogP contribution in [-0.2, 0) is 0 Å². The van der Waals surface area contributed by atoms with E-state index < -0.39 is 5.78 Å². The maximum Gasteiger partial charge on any atom is 0.270 e. The zero-order chi connectivity index (χ0) is 9.84. The van der Waals surface area contributed by atoms with Gasteiger partial charge in [0, 0.05) is 5.56 Å². The Kier molecular flexibility index (Phi) is 2.46. The molecule has 0 aromatic carbocycles. The van der Waals surface area contributed by atoms with Crippen molar-refractivity contribution < 1.29 is 9.21 Å². The number of hydrogen-bond acceptors (Lipinski definition) is 3. The second kappa shape index (κ2) is 3.55. The van der Waals surface area contributed by atoms with Gasteiger partial charge in [-0.05, 0) is 12.0 Å². The van der Waals surface area contributed by atoms with Crippen molar-refractivity contribution in [3.05, 3.63) is 29.7 Å². The number of ketones is 1. The Hall–Kier alpha value is -2.08. The minimum Gasteiger partial charge on any atom is -0.450 e. The van der Waals surface area contributed by atoms with E-state index in [0.717, 1.165) is 6.21 Å². The maximum absolute atomic E-state index is 11.0. The summed E-state index contributed by atoms with van der Waals surface area (Å²) in [5.41, 5.74) is 0.591. The highest BCUT2D eigenvalue weighted by molar-refractivity contribution is 6.07. The summed E-state index contributed by atoms with van der Waals surface area (Å²) in [6.45, 7) is 3.51. The molecule has 1 heterocycles. The number of Topliss-reactive ketones (excluding diaryl/α,β-unsaturated/α-hetero) is 1. The lowest BCUT2D eigenvalue weighted by Gasteiger charge is -1.84. The number of carbonyl (C=O) groups is 1. The Morgan fingerprint density at radius 2 is 2.46 bits per heavy atom. The summed E-state index contributed by atoms with van der Waals surface area (Å²) in [7, 11) is 0. The number of terminal acetylenes is 1. The van der Waals surface area contributed by atoms with Crippen molar-refractivity contribution in [2.75, 3.05) is 0 Å². The molecule has 0 fully saturated rings. The van der Waals surface area contributed by atoms with E-state index in [4.69, 9.17) is 16.2 Å². The molecule has 1 rings (SSSR count). The summed E-state index contributed by atoms with van der Waals surface area (Å²) in [5.74, 6) is 1.75. The average Bonchev–Trinajstić information content (AvgIpc) is 2.59. The molecule has 1 aromatic rings. The van der Waals surface area contributed by atoms with E-state index >= 15 is 0 Å². The highest BCUT2D eigenvalue weighted by Crippen LogP contribution is 2.15. The van der Waals surface area contributed by atoms with Gasteiger partial charge < -0.3 is 9.83 Å². The van der Waals surface area contributed by atoms with Gasteiger partial charge in [-0.1, -0.05) is 12.7 Å². The zero-order valence-electron chi connectivity index (χ0n) is 6.83. The quantitative estimate of drug-likeness (QED) is 0.327. The lowest BCUT2D eigenvalue weighted by molar-refractivity contribution is 0.103. The van der Waals surface area contributed by atoms with Crippen LogP contribution >= 0.6 is 0 Å². The fourth-order valence-electron chi connectivity index (χ4n) is 0.875. The number of furan rings is 1. The third-order valence-electron chi connectivity index (χ3n) is 1.50. The molecule has 0 aliphatic carbocycles. The summed E-state index contributed by atoms with van der Waals surface area (Å²) >= 11 is 0. The van der Waals surface area contributed by atoms with Crippen molar-refractivity contribution in [1.82, 2.24) is 0 Å². The molecule has 0 saturated heterocycles. The van der Waals surface area contributed by atoms with E-state index in [9.17, 15) is 4.79 Å². The van der Waals surface area contributed by atoms with E-state index in [1.807, 2.05) is 5.92 Å². The molecule has 1 N–H and O–H groups in total. The molecule has 3 heteroatoms. The first-order chi connectivity index (χ1) is 6.22. The van der Waals surface area contributed by atoms with Crippen LogP contribution in [0.15, 0.2) is 17.1 Å². The summed E-state index contributed by atoms with van der Waals surface area (Å²) in [6.07, 6.45) is 7.41. The van der Waals surface area contributed by atoms with Gasteiger partial charge in [-0.2, -0.15) is 0 Å². The Bertz CT molecular complexity index is 382. The van der Waals surface area contributed by atoms with Crippen LogP contribution in [0.5, 0.6) is 0 Å². The molecule has 0 atom stereocenters. The number of carbonyl (C=O) groups excluding carboxylic acids is 1. The van der Waals surface area contributed by atoms with Gasteiger partial charge in [0.2, 0.25) is 0 Å². The first-order valence-electron chi connectivity index (χ1n) is 3.50. The van der Waals surface area contributed by atoms with Gasteiger partial charge in [0.05, 0.1) is 6.21 Å².